The van der Waals surface area contributed by atoms with Crippen LogP contribution in [-0.2, 0) is 19.1 Å². The summed E-state index contributed by atoms with van der Waals surface area (Å²) in [5.41, 5.74) is 0. The van der Waals surface area contributed by atoms with Crippen molar-refractivity contribution in [3.8, 4) is 0 Å². The zero-order valence-corrected chi connectivity index (χ0v) is 12.8. The quantitative estimate of drug-likeness (QED) is 0.816. The lowest BCUT2D eigenvalue weighted by Crippen LogP contribution is -2.53. The van der Waals surface area contributed by atoms with Gasteiger partial charge in [-0.1, -0.05) is 12.8 Å². The second-order valence-electron chi connectivity index (χ2n) is 5.89. The van der Waals surface area contributed by atoms with Crippen LogP contribution in [0.25, 0.3) is 0 Å². The zero-order chi connectivity index (χ0) is 15.9. The number of ether oxygens (including phenoxy) is 1. The highest BCUT2D eigenvalue weighted by atomic mass is 16.5. The van der Waals surface area contributed by atoms with Crippen LogP contribution < -0.4 is 0 Å². The number of morpholine rings is 1. The monoisotopic (exact) mass is 312 g/mol. The first-order valence-corrected chi connectivity index (χ1v) is 7.94. The van der Waals surface area contributed by atoms with E-state index in [1.54, 1.807) is 9.80 Å². The molecule has 2 amide bonds. The minimum atomic E-state index is -0.948. The summed E-state index contributed by atoms with van der Waals surface area (Å²) in [6.45, 7) is 1.70. The number of aliphatic carboxylic acids is 1. The summed E-state index contributed by atoms with van der Waals surface area (Å²) >= 11 is 0. The molecule has 124 valence electrons. The van der Waals surface area contributed by atoms with Crippen LogP contribution in [0.15, 0.2) is 0 Å². The number of hydrogen-bond donors (Lipinski definition) is 1. The first-order chi connectivity index (χ1) is 10.6. The highest BCUT2D eigenvalue weighted by Crippen LogP contribution is 2.15. The van der Waals surface area contributed by atoms with Gasteiger partial charge in [0.15, 0.2) is 0 Å². The Morgan fingerprint density at radius 3 is 2.73 bits per heavy atom. The molecule has 0 aromatic rings. The van der Waals surface area contributed by atoms with E-state index in [1.165, 1.54) is 0 Å². The molecule has 0 spiro atoms. The fraction of sp³-hybridized carbons (Fsp3) is 0.800. The number of rotatable bonds is 4. The molecule has 0 radical (unpaired) electrons. The van der Waals surface area contributed by atoms with Crippen molar-refractivity contribution in [2.24, 2.45) is 0 Å². The van der Waals surface area contributed by atoms with Gasteiger partial charge >= 0.3 is 5.97 Å². The smallest absolute Gasteiger partial charge is 0.305 e. The third-order valence-corrected chi connectivity index (χ3v) is 4.21. The summed E-state index contributed by atoms with van der Waals surface area (Å²) in [5, 5.41) is 8.94. The van der Waals surface area contributed by atoms with Gasteiger partial charge in [0.05, 0.1) is 32.2 Å². The Balaban J connectivity index is 1.95. The molecular weight excluding hydrogens is 288 g/mol. The van der Waals surface area contributed by atoms with Crippen molar-refractivity contribution in [2.75, 3.05) is 32.8 Å². The molecule has 1 unspecified atom stereocenters. The van der Waals surface area contributed by atoms with E-state index < -0.39 is 12.0 Å². The molecule has 2 aliphatic heterocycles. The van der Waals surface area contributed by atoms with E-state index in [9.17, 15) is 14.4 Å². The van der Waals surface area contributed by atoms with E-state index in [4.69, 9.17) is 9.84 Å². The van der Waals surface area contributed by atoms with Crippen molar-refractivity contribution < 1.29 is 24.2 Å². The highest BCUT2D eigenvalue weighted by molar-refractivity contribution is 5.85. The predicted molar refractivity (Wildman–Crippen MR) is 78.2 cm³/mol. The summed E-state index contributed by atoms with van der Waals surface area (Å²) in [4.78, 5) is 38.6. The molecule has 2 aliphatic rings. The number of amides is 2. The average molecular weight is 312 g/mol. The van der Waals surface area contributed by atoms with Gasteiger partial charge in [-0.2, -0.15) is 0 Å². The van der Waals surface area contributed by atoms with Gasteiger partial charge in [0, 0.05) is 19.5 Å². The minimum absolute atomic E-state index is 0.0242. The van der Waals surface area contributed by atoms with Crippen molar-refractivity contribution in [1.82, 2.24) is 9.80 Å². The molecule has 7 nitrogen and oxygen atoms in total. The maximum Gasteiger partial charge on any atom is 0.305 e. The minimum Gasteiger partial charge on any atom is -0.481 e. The number of carbonyl (C=O) groups excluding carboxylic acids is 2. The van der Waals surface area contributed by atoms with Crippen LogP contribution in [0.5, 0.6) is 0 Å². The number of carbonyl (C=O) groups is 3. The van der Waals surface area contributed by atoms with Gasteiger partial charge in [-0.25, -0.2) is 0 Å². The Morgan fingerprint density at radius 2 is 1.95 bits per heavy atom. The van der Waals surface area contributed by atoms with Crippen molar-refractivity contribution >= 4 is 17.8 Å². The van der Waals surface area contributed by atoms with Gasteiger partial charge in [-0.05, 0) is 12.8 Å². The third kappa shape index (κ3) is 4.69. The number of likely N-dealkylation sites (tertiary alicyclic amines) is 1. The Labute approximate surface area is 130 Å². The fourth-order valence-electron chi connectivity index (χ4n) is 2.99. The molecule has 2 heterocycles. The normalized spacial score (nSPS) is 23.8. The van der Waals surface area contributed by atoms with Crippen LogP contribution in [0, 0.1) is 0 Å². The Hall–Kier alpha value is -1.63. The number of hydrogen-bond acceptors (Lipinski definition) is 4. The topological polar surface area (TPSA) is 87.2 Å². The van der Waals surface area contributed by atoms with E-state index in [0.29, 0.717) is 26.1 Å². The standard InChI is InChI=1S/C15H24N2O5/c18-13-5-3-1-2-4-6-16(13)10-14(19)17-7-8-22-11-12(17)9-15(20)21/h12H,1-11H2,(H,20,21). The number of nitrogens with zero attached hydrogens (tertiary/aromatic N) is 2. The lowest BCUT2D eigenvalue weighted by Gasteiger charge is -2.36. The molecule has 0 aromatic carbocycles. The molecule has 1 N–H and O–H groups in total. The molecule has 2 saturated heterocycles. The fourth-order valence-corrected chi connectivity index (χ4v) is 2.99. The summed E-state index contributed by atoms with van der Waals surface area (Å²) in [6.07, 6.45) is 4.31. The molecule has 0 aromatic heterocycles. The van der Waals surface area contributed by atoms with Gasteiger partial charge in [0.25, 0.3) is 0 Å². The van der Waals surface area contributed by atoms with Crippen LogP contribution in [0.2, 0.25) is 0 Å². The Bertz CT molecular complexity index is 426. The SMILES string of the molecule is O=C(O)CC1COCCN1C(=O)CN1CCCCCCC1=O. The zero-order valence-electron chi connectivity index (χ0n) is 12.8. The molecular formula is C15H24N2O5. The number of carboxylic acid groups (broad SMARTS) is 1. The average Bonchev–Trinajstić information content (AvgIpc) is 2.47. The van der Waals surface area contributed by atoms with Crippen LogP contribution in [-0.4, -0.2) is 71.6 Å². The van der Waals surface area contributed by atoms with Crippen molar-refractivity contribution in [3.63, 3.8) is 0 Å². The van der Waals surface area contributed by atoms with E-state index in [0.717, 1.165) is 25.7 Å². The van der Waals surface area contributed by atoms with E-state index in [-0.39, 0.29) is 31.4 Å². The van der Waals surface area contributed by atoms with Crippen molar-refractivity contribution in [2.45, 2.75) is 44.6 Å². The molecule has 7 heteroatoms. The van der Waals surface area contributed by atoms with Crippen LogP contribution in [0.4, 0.5) is 0 Å². The van der Waals surface area contributed by atoms with Crippen LogP contribution in [0.3, 0.4) is 0 Å². The molecule has 0 aliphatic carbocycles. The van der Waals surface area contributed by atoms with Gasteiger partial charge in [0.2, 0.25) is 11.8 Å². The van der Waals surface area contributed by atoms with Gasteiger partial charge in [-0.3, -0.25) is 14.4 Å². The van der Waals surface area contributed by atoms with Crippen molar-refractivity contribution in [3.05, 3.63) is 0 Å². The van der Waals surface area contributed by atoms with E-state index in [2.05, 4.69) is 0 Å². The number of carboxylic acids is 1. The molecule has 22 heavy (non-hydrogen) atoms. The summed E-state index contributed by atoms with van der Waals surface area (Å²) in [6, 6.07) is -0.441. The molecule has 0 bridgehead atoms. The van der Waals surface area contributed by atoms with E-state index in [1.807, 2.05) is 0 Å². The predicted octanol–water partition coefficient (Wildman–Crippen LogP) is 0.481. The summed E-state index contributed by atoms with van der Waals surface area (Å²) in [7, 11) is 0. The molecule has 1 atom stereocenters. The first-order valence-electron chi connectivity index (χ1n) is 7.94. The Kier molecular flexibility index (Phi) is 6.18. The lowest BCUT2D eigenvalue weighted by molar-refractivity contribution is -0.150. The van der Waals surface area contributed by atoms with Gasteiger partial charge < -0.3 is 19.6 Å². The maximum atomic E-state index is 12.5. The Morgan fingerprint density at radius 1 is 1.18 bits per heavy atom. The van der Waals surface area contributed by atoms with E-state index >= 15 is 0 Å². The van der Waals surface area contributed by atoms with Crippen molar-refractivity contribution in [1.29, 1.82) is 0 Å². The largest absolute Gasteiger partial charge is 0.481 e. The second-order valence-corrected chi connectivity index (χ2v) is 5.89. The van der Waals surface area contributed by atoms with Gasteiger partial charge in [-0.15, -0.1) is 0 Å². The van der Waals surface area contributed by atoms with Crippen LogP contribution >= 0.6 is 0 Å². The first kappa shape index (κ1) is 16.7. The third-order valence-electron chi connectivity index (χ3n) is 4.21. The van der Waals surface area contributed by atoms with Gasteiger partial charge in [0.1, 0.15) is 0 Å². The molecule has 2 fully saturated rings. The molecule has 2 rings (SSSR count). The van der Waals surface area contributed by atoms with Crippen LogP contribution in [0.1, 0.15) is 38.5 Å². The second kappa shape index (κ2) is 8.12. The lowest BCUT2D eigenvalue weighted by atomic mass is 10.1. The summed E-state index contributed by atoms with van der Waals surface area (Å²) < 4.78 is 5.27. The highest BCUT2D eigenvalue weighted by Gasteiger charge is 2.30. The molecule has 0 saturated carbocycles. The maximum absolute atomic E-state index is 12.5. The summed E-state index contributed by atoms with van der Waals surface area (Å²) in [5.74, 6) is -1.10.